The van der Waals surface area contributed by atoms with Gasteiger partial charge in [0.25, 0.3) is 11.8 Å². The van der Waals surface area contributed by atoms with Crippen molar-refractivity contribution >= 4 is 29.2 Å². The van der Waals surface area contributed by atoms with E-state index < -0.39 is 18.5 Å². The minimum absolute atomic E-state index is 0.229. The number of benzene rings is 3. The van der Waals surface area contributed by atoms with E-state index in [9.17, 15) is 14.4 Å². The lowest BCUT2D eigenvalue weighted by Crippen LogP contribution is -2.21. The zero-order valence-electron chi connectivity index (χ0n) is 19.6. The Bertz CT molecular complexity index is 1190. The van der Waals surface area contributed by atoms with Gasteiger partial charge in [0.05, 0.1) is 32.1 Å². The van der Waals surface area contributed by atoms with Gasteiger partial charge in [-0.1, -0.05) is 12.1 Å². The van der Waals surface area contributed by atoms with Gasteiger partial charge < -0.3 is 29.6 Å². The van der Waals surface area contributed by atoms with Crippen LogP contribution >= 0.6 is 0 Å². The Balaban J connectivity index is 1.53. The molecule has 0 aliphatic heterocycles. The highest BCUT2D eigenvalue weighted by Crippen LogP contribution is 2.28. The van der Waals surface area contributed by atoms with Crippen molar-refractivity contribution in [3.8, 4) is 17.2 Å². The first-order valence-electron chi connectivity index (χ1n) is 10.8. The molecule has 3 rings (SSSR count). The monoisotopic (exact) mass is 478 g/mol. The van der Waals surface area contributed by atoms with E-state index in [0.717, 1.165) is 0 Å². The van der Waals surface area contributed by atoms with Crippen LogP contribution in [0.1, 0.15) is 27.6 Å². The number of nitrogens with one attached hydrogen (secondary N) is 2. The fourth-order valence-electron chi connectivity index (χ4n) is 3.13. The van der Waals surface area contributed by atoms with Crippen LogP contribution in [0.25, 0.3) is 0 Å². The molecule has 2 N–H and O–H groups in total. The van der Waals surface area contributed by atoms with Crippen LogP contribution in [-0.2, 0) is 9.53 Å². The van der Waals surface area contributed by atoms with Crippen LogP contribution in [0.4, 0.5) is 11.4 Å². The predicted molar refractivity (Wildman–Crippen MR) is 130 cm³/mol. The van der Waals surface area contributed by atoms with Crippen LogP contribution in [0.5, 0.6) is 17.2 Å². The maximum atomic E-state index is 12.5. The highest BCUT2D eigenvalue weighted by molar-refractivity contribution is 6.05. The Morgan fingerprint density at radius 1 is 0.771 bits per heavy atom. The number of ether oxygens (including phenoxy) is 4. The molecule has 3 aromatic carbocycles. The van der Waals surface area contributed by atoms with Gasteiger partial charge in [0.2, 0.25) is 0 Å². The van der Waals surface area contributed by atoms with Gasteiger partial charge in [0, 0.05) is 11.3 Å². The SMILES string of the molecule is CCOc1cc(C(=O)OCC(=O)Nc2ccc(C(=O)Nc3ccccc3OC)cc2)ccc1OC. The fraction of sp³-hybridized carbons (Fsp3) is 0.192. The number of hydrogen-bond donors (Lipinski definition) is 2. The molecule has 0 aliphatic carbocycles. The maximum Gasteiger partial charge on any atom is 0.338 e. The zero-order valence-corrected chi connectivity index (χ0v) is 19.6. The number of carbonyl (C=O) groups is 3. The summed E-state index contributed by atoms with van der Waals surface area (Å²) >= 11 is 0. The van der Waals surface area contributed by atoms with Crippen LogP contribution < -0.4 is 24.8 Å². The molecule has 0 atom stereocenters. The lowest BCUT2D eigenvalue weighted by atomic mass is 10.2. The van der Waals surface area contributed by atoms with Crippen molar-refractivity contribution in [1.29, 1.82) is 0 Å². The molecule has 0 unspecified atom stereocenters. The molecule has 0 aliphatic rings. The zero-order chi connectivity index (χ0) is 25.2. The Labute approximate surface area is 203 Å². The summed E-state index contributed by atoms with van der Waals surface area (Å²) in [7, 11) is 3.02. The van der Waals surface area contributed by atoms with E-state index in [0.29, 0.717) is 40.8 Å². The first-order chi connectivity index (χ1) is 16.9. The summed E-state index contributed by atoms with van der Waals surface area (Å²) in [5.41, 5.74) is 1.62. The summed E-state index contributed by atoms with van der Waals surface area (Å²) in [5, 5.41) is 5.40. The number of carbonyl (C=O) groups excluding carboxylic acids is 3. The molecule has 35 heavy (non-hydrogen) atoms. The molecule has 2 amide bonds. The molecule has 0 bridgehead atoms. The van der Waals surface area contributed by atoms with Crippen LogP contribution in [0, 0.1) is 0 Å². The molecule has 0 fully saturated rings. The van der Waals surface area contributed by atoms with Crippen LogP contribution in [0.2, 0.25) is 0 Å². The number of rotatable bonds is 10. The Morgan fingerprint density at radius 2 is 1.46 bits per heavy atom. The van der Waals surface area contributed by atoms with Crippen molar-refractivity contribution in [2.24, 2.45) is 0 Å². The van der Waals surface area contributed by atoms with Gasteiger partial charge in [-0.3, -0.25) is 9.59 Å². The van der Waals surface area contributed by atoms with Crippen molar-refractivity contribution < 1.29 is 33.3 Å². The Morgan fingerprint density at radius 3 is 2.14 bits per heavy atom. The smallest absolute Gasteiger partial charge is 0.338 e. The average Bonchev–Trinajstić information content (AvgIpc) is 2.88. The van der Waals surface area contributed by atoms with E-state index in [2.05, 4.69) is 10.6 Å². The van der Waals surface area contributed by atoms with Crippen molar-refractivity contribution in [2.75, 3.05) is 38.1 Å². The number of methoxy groups -OCH3 is 2. The van der Waals surface area contributed by atoms with E-state index in [1.54, 1.807) is 54.6 Å². The number of esters is 1. The van der Waals surface area contributed by atoms with Crippen molar-refractivity contribution in [3.05, 3.63) is 77.9 Å². The molecule has 0 saturated carbocycles. The molecule has 0 radical (unpaired) electrons. The third kappa shape index (κ3) is 6.73. The maximum absolute atomic E-state index is 12.5. The average molecular weight is 479 g/mol. The summed E-state index contributed by atoms with van der Waals surface area (Å²) in [5.74, 6) is -0.0876. The largest absolute Gasteiger partial charge is 0.495 e. The second-order valence-electron chi connectivity index (χ2n) is 7.15. The topological polar surface area (TPSA) is 112 Å². The first-order valence-corrected chi connectivity index (χ1v) is 10.8. The van der Waals surface area contributed by atoms with Crippen molar-refractivity contribution in [1.82, 2.24) is 0 Å². The van der Waals surface area contributed by atoms with Gasteiger partial charge in [0.1, 0.15) is 5.75 Å². The second-order valence-corrected chi connectivity index (χ2v) is 7.15. The lowest BCUT2D eigenvalue weighted by molar-refractivity contribution is -0.119. The van der Waals surface area contributed by atoms with Gasteiger partial charge in [-0.2, -0.15) is 0 Å². The van der Waals surface area contributed by atoms with Crippen LogP contribution in [0.15, 0.2) is 66.7 Å². The van der Waals surface area contributed by atoms with E-state index in [4.69, 9.17) is 18.9 Å². The van der Waals surface area contributed by atoms with E-state index in [1.165, 1.54) is 26.4 Å². The van der Waals surface area contributed by atoms with Crippen LogP contribution in [-0.4, -0.2) is 45.2 Å². The summed E-state index contributed by atoms with van der Waals surface area (Å²) in [6.45, 7) is 1.73. The molecule has 0 heterocycles. The van der Waals surface area contributed by atoms with Gasteiger partial charge in [0.15, 0.2) is 18.1 Å². The third-order valence-corrected chi connectivity index (χ3v) is 4.82. The summed E-state index contributed by atoms with van der Waals surface area (Å²) in [6.07, 6.45) is 0. The summed E-state index contributed by atoms with van der Waals surface area (Å²) in [6, 6.07) is 18.0. The quantitative estimate of drug-likeness (QED) is 0.421. The van der Waals surface area contributed by atoms with E-state index in [-0.39, 0.29) is 11.5 Å². The summed E-state index contributed by atoms with van der Waals surface area (Å²) < 4.78 is 21.0. The molecule has 0 spiro atoms. The Hall–Kier alpha value is -4.53. The Kier molecular flexibility index (Phi) is 8.66. The molecule has 182 valence electrons. The normalized spacial score (nSPS) is 10.1. The second kappa shape index (κ2) is 12.1. The first kappa shape index (κ1) is 25.1. The van der Waals surface area contributed by atoms with Crippen LogP contribution in [0.3, 0.4) is 0 Å². The molecule has 3 aromatic rings. The number of hydrogen-bond acceptors (Lipinski definition) is 7. The minimum atomic E-state index is -0.674. The van der Waals surface area contributed by atoms with Crippen molar-refractivity contribution in [2.45, 2.75) is 6.92 Å². The van der Waals surface area contributed by atoms with Gasteiger partial charge >= 0.3 is 5.97 Å². The molecule has 9 heteroatoms. The third-order valence-electron chi connectivity index (χ3n) is 4.82. The number of para-hydroxylation sites is 2. The van der Waals surface area contributed by atoms with E-state index in [1.807, 2.05) is 6.92 Å². The molecular weight excluding hydrogens is 452 g/mol. The predicted octanol–water partition coefficient (Wildman–Crippen LogP) is 4.15. The lowest BCUT2D eigenvalue weighted by Gasteiger charge is -2.11. The minimum Gasteiger partial charge on any atom is -0.495 e. The van der Waals surface area contributed by atoms with Gasteiger partial charge in [-0.25, -0.2) is 4.79 Å². The molecule has 0 saturated heterocycles. The van der Waals surface area contributed by atoms with Gasteiger partial charge in [-0.05, 0) is 61.5 Å². The van der Waals surface area contributed by atoms with E-state index >= 15 is 0 Å². The summed E-state index contributed by atoms with van der Waals surface area (Å²) in [4.78, 5) is 37.0. The molecular formula is C26H26N2O7. The molecule has 0 aromatic heterocycles. The van der Waals surface area contributed by atoms with Gasteiger partial charge in [-0.15, -0.1) is 0 Å². The van der Waals surface area contributed by atoms with Crippen molar-refractivity contribution in [3.63, 3.8) is 0 Å². The standard InChI is InChI=1S/C26H26N2O7/c1-4-34-23-15-18(11-14-22(23)33-3)26(31)35-16-24(29)27-19-12-9-17(10-13-19)25(30)28-20-7-5-6-8-21(20)32-2/h5-15H,4,16H2,1-3H3,(H,27,29)(H,28,30). The number of amides is 2. The highest BCUT2D eigenvalue weighted by Gasteiger charge is 2.15. The number of anilines is 2. The fourth-order valence-corrected chi connectivity index (χ4v) is 3.13. The molecule has 9 nitrogen and oxygen atoms in total. The highest BCUT2D eigenvalue weighted by atomic mass is 16.5.